The monoisotopic (exact) mass is 237 g/mol. The van der Waals surface area contributed by atoms with Crippen LogP contribution >= 0.6 is 0 Å². The van der Waals surface area contributed by atoms with E-state index >= 15 is 0 Å². The van der Waals surface area contributed by atoms with Crippen molar-refractivity contribution in [2.45, 2.75) is 26.2 Å². The Balaban J connectivity index is 3.11. The Bertz CT molecular complexity index is 417. The van der Waals surface area contributed by atoms with E-state index in [1.807, 2.05) is 0 Å². The molecule has 92 valence electrons. The van der Waals surface area contributed by atoms with Crippen LogP contribution in [0.3, 0.4) is 0 Å². The molecule has 5 nitrogen and oxygen atoms in total. The molecule has 0 fully saturated rings. The summed E-state index contributed by atoms with van der Waals surface area (Å²) in [5.41, 5.74) is 0.380. The highest BCUT2D eigenvalue weighted by Crippen LogP contribution is 2.29. The standard InChI is InChI=1S/C12H15NO4/c1-3-9(12(14)17-4-2)10-7-5-6-8-11(10)13(15)16/h5-9H,3-4H2,1-2H3. The summed E-state index contributed by atoms with van der Waals surface area (Å²) in [6.07, 6.45) is 0.476. The van der Waals surface area contributed by atoms with Gasteiger partial charge in [-0.15, -0.1) is 0 Å². The molecule has 1 rings (SSSR count). The molecule has 1 aromatic carbocycles. The average molecular weight is 237 g/mol. The fourth-order valence-corrected chi connectivity index (χ4v) is 1.70. The minimum atomic E-state index is -0.573. The third-order valence-electron chi connectivity index (χ3n) is 2.49. The molecular weight excluding hydrogens is 222 g/mol. The number of carbonyl (C=O) groups is 1. The van der Waals surface area contributed by atoms with E-state index in [1.165, 1.54) is 6.07 Å². The molecule has 0 aromatic heterocycles. The van der Waals surface area contributed by atoms with Gasteiger partial charge in [0.25, 0.3) is 5.69 Å². The Kier molecular flexibility index (Phi) is 4.63. The summed E-state index contributed by atoms with van der Waals surface area (Å²) in [4.78, 5) is 22.1. The first-order chi connectivity index (χ1) is 8.11. The zero-order valence-electron chi connectivity index (χ0n) is 9.88. The molecule has 0 saturated heterocycles. The maximum Gasteiger partial charge on any atom is 0.313 e. The van der Waals surface area contributed by atoms with E-state index in [1.54, 1.807) is 32.0 Å². The highest BCUT2D eigenvalue weighted by atomic mass is 16.6. The van der Waals surface area contributed by atoms with Gasteiger partial charge in [-0.05, 0) is 13.3 Å². The molecule has 17 heavy (non-hydrogen) atoms. The molecule has 5 heteroatoms. The maximum absolute atomic E-state index is 11.7. The average Bonchev–Trinajstić information content (AvgIpc) is 2.31. The van der Waals surface area contributed by atoms with Gasteiger partial charge in [0, 0.05) is 11.6 Å². The van der Waals surface area contributed by atoms with Gasteiger partial charge >= 0.3 is 5.97 Å². The first-order valence-electron chi connectivity index (χ1n) is 5.51. The van der Waals surface area contributed by atoms with Crippen LogP contribution in [0, 0.1) is 10.1 Å². The van der Waals surface area contributed by atoms with Gasteiger partial charge in [0.15, 0.2) is 0 Å². The van der Waals surface area contributed by atoms with Crippen LogP contribution in [0.4, 0.5) is 5.69 Å². The van der Waals surface area contributed by atoms with Crippen LogP contribution in [0.2, 0.25) is 0 Å². The summed E-state index contributed by atoms with van der Waals surface area (Å²) in [6.45, 7) is 3.79. The van der Waals surface area contributed by atoms with Crippen molar-refractivity contribution in [3.8, 4) is 0 Å². The number of nitro groups is 1. The van der Waals surface area contributed by atoms with Crippen LogP contribution < -0.4 is 0 Å². The van der Waals surface area contributed by atoms with Crippen LogP contribution in [-0.4, -0.2) is 17.5 Å². The molecule has 0 radical (unpaired) electrons. The first-order valence-corrected chi connectivity index (χ1v) is 5.51. The van der Waals surface area contributed by atoms with Gasteiger partial charge in [-0.2, -0.15) is 0 Å². The van der Waals surface area contributed by atoms with Gasteiger partial charge in [-0.3, -0.25) is 14.9 Å². The van der Waals surface area contributed by atoms with E-state index in [0.29, 0.717) is 12.0 Å². The molecule has 0 N–H and O–H groups in total. The van der Waals surface area contributed by atoms with Crippen molar-refractivity contribution in [1.82, 2.24) is 0 Å². The zero-order valence-corrected chi connectivity index (χ0v) is 9.88. The smallest absolute Gasteiger partial charge is 0.313 e. The van der Waals surface area contributed by atoms with Crippen LogP contribution in [0.1, 0.15) is 31.7 Å². The number of carbonyl (C=O) groups excluding carboxylic acids is 1. The lowest BCUT2D eigenvalue weighted by molar-refractivity contribution is -0.385. The largest absolute Gasteiger partial charge is 0.466 e. The number of esters is 1. The van der Waals surface area contributed by atoms with Crippen molar-refractivity contribution in [2.75, 3.05) is 6.61 Å². The number of nitrogens with zero attached hydrogens (tertiary/aromatic N) is 1. The van der Waals surface area contributed by atoms with Crippen LogP contribution in [-0.2, 0) is 9.53 Å². The second kappa shape index (κ2) is 5.98. The predicted octanol–water partition coefficient (Wildman–Crippen LogP) is 2.65. The molecule has 0 aliphatic heterocycles. The Morgan fingerprint density at radius 2 is 2.06 bits per heavy atom. The molecule has 0 saturated carbocycles. The third-order valence-corrected chi connectivity index (χ3v) is 2.49. The lowest BCUT2D eigenvalue weighted by Gasteiger charge is -2.13. The summed E-state index contributed by atoms with van der Waals surface area (Å²) in [5, 5.41) is 10.9. The van der Waals surface area contributed by atoms with Crippen molar-refractivity contribution in [3.63, 3.8) is 0 Å². The second-order valence-corrected chi connectivity index (χ2v) is 3.53. The van der Waals surface area contributed by atoms with E-state index in [9.17, 15) is 14.9 Å². The fourth-order valence-electron chi connectivity index (χ4n) is 1.70. The van der Waals surface area contributed by atoms with Crippen molar-refractivity contribution in [1.29, 1.82) is 0 Å². The Morgan fingerprint density at radius 1 is 1.41 bits per heavy atom. The molecule has 0 aliphatic rings. The van der Waals surface area contributed by atoms with Crippen LogP contribution in [0.15, 0.2) is 24.3 Å². The third kappa shape index (κ3) is 3.03. The zero-order chi connectivity index (χ0) is 12.8. The number of benzene rings is 1. The topological polar surface area (TPSA) is 69.4 Å². The molecule has 1 aromatic rings. The van der Waals surface area contributed by atoms with Gasteiger partial charge < -0.3 is 4.74 Å². The highest BCUT2D eigenvalue weighted by molar-refractivity contribution is 5.79. The molecule has 0 aliphatic carbocycles. The molecule has 1 unspecified atom stereocenters. The number of rotatable bonds is 5. The van der Waals surface area contributed by atoms with Crippen LogP contribution in [0.5, 0.6) is 0 Å². The summed E-state index contributed by atoms with van der Waals surface area (Å²) in [7, 11) is 0. The second-order valence-electron chi connectivity index (χ2n) is 3.53. The number of hydrogen-bond acceptors (Lipinski definition) is 4. The Hall–Kier alpha value is -1.91. The molecule has 0 bridgehead atoms. The van der Waals surface area contributed by atoms with Crippen molar-refractivity contribution in [2.24, 2.45) is 0 Å². The molecule has 0 amide bonds. The lowest BCUT2D eigenvalue weighted by atomic mass is 9.95. The van der Waals surface area contributed by atoms with E-state index in [4.69, 9.17) is 4.74 Å². The van der Waals surface area contributed by atoms with Crippen molar-refractivity contribution in [3.05, 3.63) is 39.9 Å². The fraction of sp³-hybridized carbons (Fsp3) is 0.417. The minimum absolute atomic E-state index is 0.0348. The minimum Gasteiger partial charge on any atom is -0.466 e. The van der Waals surface area contributed by atoms with E-state index in [2.05, 4.69) is 0 Å². The quantitative estimate of drug-likeness (QED) is 0.448. The van der Waals surface area contributed by atoms with Crippen molar-refractivity contribution < 1.29 is 14.5 Å². The summed E-state index contributed by atoms with van der Waals surface area (Å²) >= 11 is 0. The van der Waals surface area contributed by atoms with E-state index in [-0.39, 0.29) is 12.3 Å². The van der Waals surface area contributed by atoms with Gasteiger partial charge in [-0.1, -0.05) is 25.1 Å². The number of hydrogen-bond donors (Lipinski definition) is 0. The number of nitro benzene ring substituents is 1. The summed E-state index contributed by atoms with van der Waals surface area (Å²) in [6, 6.07) is 6.27. The molecular formula is C12H15NO4. The van der Waals surface area contributed by atoms with Crippen molar-refractivity contribution >= 4 is 11.7 Å². The Morgan fingerprint density at radius 3 is 2.59 bits per heavy atom. The van der Waals surface area contributed by atoms with E-state index < -0.39 is 16.8 Å². The number of ether oxygens (including phenoxy) is 1. The van der Waals surface area contributed by atoms with Gasteiger partial charge in [0.1, 0.15) is 0 Å². The first kappa shape index (κ1) is 13.2. The van der Waals surface area contributed by atoms with Gasteiger partial charge in [-0.25, -0.2) is 0 Å². The molecule has 0 spiro atoms. The number of para-hydroxylation sites is 1. The molecule has 0 heterocycles. The lowest BCUT2D eigenvalue weighted by Crippen LogP contribution is -2.16. The predicted molar refractivity (Wildman–Crippen MR) is 62.8 cm³/mol. The maximum atomic E-state index is 11.7. The summed E-state index contributed by atoms with van der Waals surface area (Å²) < 4.78 is 4.92. The summed E-state index contributed by atoms with van der Waals surface area (Å²) in [5.74, 6) is -0.985. The normalized spacial score (nSPS) is 11.9. The molecule has 1 atom stereocenters. The van der Waals surface area contributed by atoms with Crippen LogP contribution in [0.25, 0.3) is 0 Å². The van der Waals surface area contributed by atoms with Gasteiger partial charge in [0.2, 0.25) is 0 Å². The Labute approximate surface area is 99.5 Å². The highest BCUT2D eigenvalue weighted by Gasteiger charge is 2.26. The van der Waals surface area contributed by atoms with Gasteiger partial charge in [0.05, 0.1) is 17.4 Å². The SMILES string of the molecule is CCOC(=O)C(CC)c1ccccc1[N+](=O)[O-]. The van der Waals surface area contributed by atoms with E-state index in [0.717, 1.165) is 0 Å².